The van der Waals surface area contributed by atoms with Crippen LogP contribution in [0.4, 0.5) is 0 Å². The Kier molecular flexibility index (Phi) is 6.96. The second-order valence-corrected chi connectivity index (χ2v) is 9.64. The Balaban J connectivity index is 1.46. The number of benzene rings is 3. The van der Waals surface area contributed by atoms with E-state index in [0.717, 1.165) is 32.7 Å². The molecule has 2 heterocycles. The SMILES string of the molecule is COc1cc(C(=O)O)c2c(c1C)OC(=O)c1c(C)cc(O)c(CN3CCN(Cc4ccccc4)CC3)c1O2. The first-order valence-electron chi connectivity index (χ1n) is 12.5. The van der Waals surface area contributed by atoms with Gasteiger partial charge in [-0.2, -0.15) is 0 Å². The van der Waals surface area contributed by atoms with E-state index in [1.54, 1.807) is 13.8 Å². The number of ether oxygens (including phenoxy) is 3. The third-order valence-electron chi connectivity index (χ3n) is 7.14. The molecule has 0 radical (unpaired) electrons. The molecule has 198 valence electrons. The average molecular weight is 519 g/mol. The van der Waals surface area contributed by atoms with Crippen molar-refractivity contribution in [3.05, 3.63) is 75.8 Å². The van der Waals surface area contributed by atoms with E-state index in [2.05, 4.69) is 21.9 Å². The van der Waals surface area contributed by atoms with E-state index in [4.69, 9.17) is 14.2 Å². The summed E-state index contributed by atoms with van der Waals surface area (Å²) in [6.07, 6.45) is 0. The molecule has 2 aliphatic heterocycles. The number of piperazine rings is 1. The van der Waals surface area contributed by atoms with Crippen molar-refractivity contribution in [2.75, 3.05) is 33.3 Å². The largest absolute Gasteiger partial charge is 0.507 e. The second-order valence-electron chi connectivity index (χ2n) is 9.64. The molecule has 1 saturated heterocycles. The zero-order chi connectivity index (χ0) is 27.0. The third kappa shape index (κ3) is 4.78. The highest BCUT2D eigenvalue weighted by molar-refractivity contribution is 6.00. The number of carbonyl (C=O) groups is 2. The standard InChI is InChI=1S/C29H30N2O7/c1-17-13-22(32)21(16-31-11-9-30(10-12-31)15-19-7-5-4-6-8-19)26-24(17)29(35)38-25-18(2)23(36-3)14-20(28(33)34)27(25)37-26/h4-8,13-14,32H,9-12,15-16H2,1-3H3,(H,33,34). The monoisotopic (exact) mass is 518 g/mol. The predicted molar refractivity (Wildman–Crippen MR) is 140 cm³/mol. The molecule has 0 aromatic heterocycles. The number of carboxylic acid groups (broad SMARTS) is 1. The number of aromatic hydroxyl groups is 1. The maximum absolute atomic E-state index is 13.3. The van der Waals surface area contributed by atoms with Gasteiger partial charge < -0.3 is 24.4 Å². The van der Waals surface area contributed by atoms with Crippen LogP contribution in [0.1, 0.15) is 43.0 Å². The molecule has 1 fully saturated rings. The highest BCUT2D eigenvalue weighted by Gasteiger charge is 2.34. The number of carbonyl (C=O) groups excluding carboxylic acids is 1. The van der Waals surface area contributed by atoms with Crippen LogP contribution in [0.15, 0.2) is 42.5 Å². The number of nitrogens with zero attached hydrogens (tertiary/aromatic N) is 2. The van der Waals surface area contributed by atoms with Gasteiger partial charge in [0, 0.05) is 44.8 Å². The fraction of sp³-hybridized carbons (Fsp3) is 0.310. The lowest BCUT2D eigenvalue weighted by atomic mass is 10.0. The summed E-state index contributed by atoms with van der Waals surface area (Å²) >= 11 is 0. The first-order chi connectivity index (χ1) is 18.3. The molecule has 2 N–H and O–H groups in total. The summed E-state index contributed by atoms with van der Waals surface area (Å²) in [6.45, 7) is 7.74. The third-order valence-corrected chi connectivity index (χ3v) is 7.14. The zero-order valence-electron chi connectivity index (χ0n) is 21.6. The van der Waals surface area contributed by atoms with Gasteiger partial charge >= 0.3 is 11.9 Å². The van der Waals surface area contributed by atoms with Gasteiger partial charge in [0.1, 0.15) is 22.6 Å². The first kappa shape index (κ1) is 25.6. The second kappa shape index (κ2) is 10.4. The minimum atomic E-state index is -1.26. The van der Waals surface area contributed by atoms with Gasteiger partial charge in [-0.25, -0.2) is 9.59 Å². The predicted octanol–water partition coefficient (Wildman–Crippen LogP) is 4.36. The van der Waals surface area contributed by atoms with E-state index in [-0.39, 0.29) is 39.9 Å². The molecule has 0 aliphatic carbocycles. The van der Waals surface area contributed by atoms with Gasteiger partial charge in [0.25, 0.3) is 0 Å². The fourth-order valence-electron chi connectivity index (χ4n) is 5.05. The van der Waals surface area contributed by atoms with Crippen LogP contribution in [-0.2, 0) is 13.1 Å². The van der Waals surface area contributed by atoms with Crippen LogP contribution in [0.25, 0.3) is 0 Å². The van der Waals surface area contributed by atoms with Gasteiger partial charge in [-0.15, -0.1) is 0 Å². The van der Waals surface area contributed by atoms with E-state index >= 15 is 0 Å². The molecule has 0 unspecified atom stereocenters. The van der Waals surface area contributed by atoms with Crippen molar-refractivity contribution in [2.45, 2.75) is 26.9 Å². The number of aryl methyl sites for hydroxylation is 1. The fourth-order valence-corrected chi connectivity index (χ4v) is 5.05. The van der Waals surface area contributed by atoms with Crippen LogP contribution in [-0.4, -0.2) is 65.2 Å². The van der Waals surface area contributed by atoms with Gasteiger partial charge in [-0.05, 0) is 37.1 Å². The summed E-state index contributed by atoms with van der Waals surface area (Å²) in [5.41, 5.74) is 2.53. The van der Waals surface area contributed by atoms with Gasteiger partial charge in [0.2, 0.25) is 0 Å². The van der Waals surface area contributed by atoms with Gasteiger partial charge in [-0.1, -0.05) is 30.3 Å². The van der Waals surface area contributed by atoms with Crippen LogP contribution >= 0.6 is 0 Å². The maximum atomic E-state index is 13.3. The van der Waals surface area contributed by atoms with Crippen LogP contribution < -0.4 is 14.2 Å². The molecule has 0 amide bonds. The number of methoxy groups -OCH3 is 1. The Morgan fingerprint density at radius 1 is 0.947 bits per heavy atom. The lowest BCUT2D eigenvalue weighted by Crippen LogP contribution is -2.45. The molecule has 3 aromatic rings. The van der Waals surface area contributed by atoms with Crippen molar-refractivity contribution in [1.82, 2.24) is 9.80 Å². The van der Waals surface area contributed by atoms with Crippen LogP contribution in [0.3, 0.4) is 0 Å². The Hall–Kier alpha value is -4.08. The van der Waals surface area contributed by atoms with Gasteiger partial charge in [0.15, 0.2) is 17.2 Å². The van der Waals surface area contributed by atoms with Crippen molar-refractivity contribution >= 4 is 11.9 Å². The summed E-state index contributed by atoms with van der Waals surface area (Å²) in [5, 5.41) is 20.8. The summed E-state index contributed by atoms with van der Waals surface area (Å²) in [7, 11) is 1.41. The Morgan fingerprint density at radius 3 is 2.24 bits per heavy atom. The lowest BCUT2D eigenvalue weighted by molar-refractivity contribution is 0.0685. The molecule has 2 aliphatic rings. The smallest absolute Gasteiger partial charge is 0.347 e. The average Bonchev–Trinajstić information content (AvgIpc) is 3.05. The molecule has 0 bridgehead atoms. The van der Waals surface area contributed by atoms with Crippen molar-refractivity contribution in [3.8, 4) is 28.7 Å². The molecule has 5 rings (SSSR count). The highest BCUT2D eigenvalue weighted by Crippen LogP contribution is 2.48. The quantitative estimate of drug-likeness (QED) is 0.363. The molecular formula is C29H30N2O7. The van der Waals surface area contributed by atoms with E-state index in [9.17, 15) is 19.8 Å². The Bertz CT molecular complexity index is 1400. The summed E-state index contributed by atoms with van der Waals surface area (Å²) < 4.78 is 17.2. The van der Waals surface area contributed by atoms with E-state index in [1.807, 2.05) is 18.2 Å². The summed E-state index contributed by atoms with van der Waals surface area (Å²) in [5.74, 6) is -1.69. The maximum Gasteiger partial charge on any atom is 0.347 e. The first-order valence-corrected chi connectivity index (χ1v) is 12.5. The minimum Gasteiger partial charge on any atom is -0.507 e. The summed E-state index contributed by atoms with van der Waals surface area (Å²) in [6, 6.07) is 13.2. The van der Waals surface area contributed by atoms with E-state index in [0.29, 0.717) is 23.2 Å². The minimum absolute atomic E-state index is 0.0117. The molecule has 3 aromatic carbocycles. The number of hydrogen-bond donors (Lipinski definition) is 2. The Morgan fingerprint density at radius 2 is 1.61 bits per heavy atom. The van der Waals surface area contributed by atoms with E-state index < -0.39 is 11.9 Å². The van der Waals surface area contributed by atoms with Crippen LogP contribution in [0, 0.1) is 13.8 Å². The molecule has 9 heteroatoms. The number of aromatic carboxylic acids is 1. The number of esters is 1. The molecular weight excluding hydrogens is 488 g/mol. The summed E-state index contributed by atoms with van der Waals surface area (Å²) in [4.78, 5) is 30.0. The molecule has 0 atom stereocenters. The molecule has 0 spiro atoms. The van der Waals surface area contributed by atoms with Gasteiger partial charge in [-0.3, -0.25) is 9.80 Å². The normalized spacial score (nSPS) is 15.6. The Labute approximate surface area is 220 Å². The van der Waals surface area contributed by atoms with Crippen molar-refractivity contribution in [1.29, 1.82) is 0 Å². The van der Waals surface area contributed by atoms with Crippen LogP contribution in [0.2, 0.25) is 0 Å². The highest BCUT2D eigenvalue weighted by atomic mass is 16.6. The number of phenolic OH excluding ortho intramolecular Hbond substituents is 1. The molecule has 9 nitrogen and oxygen atoms in total. The van der Waals surface area contributed by atoms with Crippen LogP contribution in [0.5, 0.6) is 28.7 Å². The van der Waals surface area contributed by atoms with E-state index in [1.165, 1.54) is 24.8 Å². The molecule has 38 heavy (non-hydrogen) atoms. The van der Waals surface area contributed by atoms with Crippen molar-refractivity contribution < 1.29 is 34.0 Å². The number of phenols is 1. The van der Waals surface area contributed by atoms with Crippen molar-refractivity contribution in [3.63, 3.8) is 0 Å². The van der Waals surface area contributed by atoms with Crippen molar-refractivity contribution in [2.24, 2.45) is 0 Å². The topological polar surface area (TPSA) is 109 Å². The molecule has 0 saturated carbocycles. The number of carboxylic acids is 1. The zero-order valence-corrected chi connectivity index (χ0v) is 21.6. The number of rotatable bonds is 6. The number of hydrogen-bond acceptors (Lipinski definition) is 8. The lowest BCUT2D eigenvalue weighted by Gasteiger charge is -2.35. The number of fused-ring (bicyclic) bond motifs is 2. The van der Waals surface area contributed by atoms with Gasteiger partial charge in [0.05, 0.1) is 12.7 Å².